The minimum absolute atomic E-state index is 0.00366. The Morgan fingerprint density at radius 2 is 1.11 bits per heavy atom. The maximum absolute atomic E-state index is 15.2. The van der Waals surface area contributed by atoms with Crippen LogP contribution < -0.4 is 20.7 Å². The Morgan fingerprint density at radius 3 is 1.64 bits per heavy atom. The second-order valence-corrected chi connectivity index (χ2v) is 39.4. The molecule has 15 heteroatoms. The van der Waals surface area contributed by atoms with Gasteiger partial charge in [-0.3, -0.25) is 9.59 Å². The van der Waals surface area contributed by atoms with Gasteiger partial charge >= 0.3 is 5.97 Å². The van der Waals surface area contributed by atoms with Gasteiger partial charge in [-0.2, -0.15) is 0 Å². The average molecular weight is 1370 g/mol. The van der Waals surface area contributed by atoms with Crippen molar-refractivity contribution in [3.8, 4) is 0 Å². The van der Waals surface area contributed by atoms with Crippen LogP contribution in [0.5, 0.6) is 0 Å². The molecule has 0 aromatic heterocycles. The highest BCUT2D eigenvalue weighted by Gasteiger charge is 2.65. The van der Waals surface area contributed by atoms with E-state index >= 15 is 9.59 Å². The van der Waals surface area contributed by atoms with Crippen molar-refractivity contribution in [3.05, 3.63) is 187 Å². The van der Waals surface area contributed by atoms with Crippen LogP contribution in [-0.2, 0) is 56.3 Å². The number of ketones is 2. The fraction of sp³-hybridized carbons (Fsp3) is 0.542. The second kappa shape index (κ2) is 33.4. The lowest BCUT2D eigenvalue weighted by molar-refractivity contribution is -0.254. The van der Waals surface area contributed by atoms with Crippen LogP contribution in [0.4, 0.5) is 0 Å². The van der Waals surface area contributed by atoms with E-state index in [-0.39, 0.29) is 85.6 Å². The van der Waals surface area contributed by atoms with Gasteiger partial charge in [0.15, 0.2) is 6.29 Å². The summed E-state index contributed by atoms with van der Waals surface area (Å²) < 4.78 is 70.4. The van der Waals surface area contributed by atoms with E-state index in [1.54, 1.807) is 26.4 Å². The number of rotatable bonds is 31. The van der Waals surface area contributed by atoms with E-state index in [4.69, 9.17) is 46.7 Å². The Balaban J connectivity index is 0.975. The molecular weight excluding hydrogens is 1260 g/mol. The highest BCUT2D eigenvalue weighted by molar-refractivity contribution is 7.00. The normalized spacial score (nSPS) is 27.2. The van der Waals surface area contributed by atoms with Crippen LogP contribution >= 0.6 is 0 Å². The number of methoxy groups -OCH3 is 2. The molecular formula is C83H110O13Si2. The summed E-state index contributed by atoms with van der Waals surface area (Å²) in [5, 5.41) is 3.56. The first-order valence-electron chi connectivity index (χ1n) is 36.2. The Hall–Kier alpha value is -5.76. The van der Waals surface area contributed by atoms with Crippen LogP contribution in [0.3, 0.4) is 0 Å². The average Bonchev–Trinajstić information content (AvgIpc) is 1.34. The molecule has 0 N–H and O–H groups in total. The Kier molecular flexibility index (Phi) is 25.5. The summed E-state index contributed by atoms with van der Waals surface area (Å²) in [6.07, 6.45) is 0.711. The number of carbonyl (C=O) groups excluding carboxylic acids is 3. The quantitative estimate of drug-likeness (QED) is 0.0137. The number of carbonyl (C=O) groups is 3. The van der Waals surface area contributed by atoms with Gasteiger partial charge in [0.05, 0.1) is 54.9 Å². The van der Waals surface area contributed by atoms with Crippen molar-refractivity contribution in [2.75, 3.05) is 20.8 Å². The zero-order chi connectivity index (χ0) is 69.9. The zero-order valence-electron chi connectivity index (χ0n) is 60.4. The predicted octanol–water partition coefficient (Wildman–Crippen LogP) is 14.2. The van der Waals surface area contributed by atoms with Crippen molar-refractivity contribution in [1.29, 1.82) is 0 Å². The lowest BCUT2D eigenvalue weighted by Crippen LogP contribution is -2.73. The van der Waals surface area contributed by atoms with Crippen LogP contribution in [0.2, 0.25) is 10.1 Å². The number of benzene rings is 5. The van der Waals surface area contributed by atoms with Crippen LogP contribution in [0.1, 0.15) is 163 Å². The summed E-state index contributed by atoms with van der Waals surface area (Å²) in [7, 11) is -3.54. The van der Waals surface area contributed by atoms with Crippen molar-refractivity contribution in [2.24, 2.45) is 23.7 Å². The summed E-state index contributed by atoms with van der Waals surface area (Å²) in [4.78, 5) is 43.2. The molecule has 5 aromatic rings. The maximum Gasteiger partial charge on any atom is 0.338 e. The van der Waals surface area contributed by atoms with E-state index in [1.807, 2.05) is 18.2 Å². The summed E-state index contributed by atoms with van der Waals surface area (Å²) in [5.74, 6) is 0.0972. The largest absolute Gasteiger partial charge is 0.462 e. The van der Waals surface area contributed by atoms with Crippen LogP contribution in [0, 0.1) is 23.7 Å². The monoisotopic (exact) mass is 1370 g/mol. The number of allylic oxidation sites excluding steroid dienone is 1. The molecule has 5 aliphatic rings. The topological polar surface area (TPSA) is 144 Å². The summed E-state index contributed by atoms with van der Waals surface area (Å²) in [6, 6.07) is 51.6. The maximum atomic E-state index is 15.2. The van der Waals surface area contributed by atoms with E-state index in [1.165, 1.54) is 5.57 Å². The van der Waals surface area contributed by atoms with Gasteiger partial charge in [-0.25, -0.2) is 4.79 Å². The van der Waals surface area contributed by atoms with E-state index in [0.29, 0.717) is 50.0 Å². The molecule has 5 fully saturated rings. The minimum Gasteiger partial charge on any atom is -0.462 e. The molecule has 16 atom stereocenters. The van der Waals surface area contributed by atoms with Gasteiger partial charge in [0.1, 0.15) is 42.1 Å². The molecule has 5 aromatic carbocycles. The van der Waals surface area contributed by atoms with Crippen LogP contribution in [-0.4, -0.2) is 135 Å². The van der Waals surface area contributed by atoms with Gasteiger partial charge in [0, 0.05) is 46.3 Å². The van der Waals surface area contributed by atoms with E-state index in [9.17, 15) is 4.79 Å². The Morgan fingerprint density at radius 1 is 0.582 bits per heavy atom. The minimum atomic E-state index is -3.42. The molecule has 98 heavy (non-hydrogen) atoms. The molecule has 10 rings (SSSR count). The van der Waals surface area contributed by atoms with Crippen molar-refractivity contribution >= 4 is 54.9 Å². The van der Waals surface area contributed by atoms with Gasteiger partial charge in [0.2, 0.25) is 0 Å². The standard InChI is InChI=1S/C83H110O13Si2/c1-15-55(2)47-56(3)41-45-70-58(5)49-63(90-70)43-42-61(84)52-74-77(95-97(82(7,8)9,65-33-23-17-24-34-65)66-35-25-18-26-36-66)78-79(94-74)80(96-98(83(10,11)12,67-37-27-19-28-38-67)68-39-29-20-30-40-68)76-71(93-78)46-44-64(91-76)50-62(85)51-69-59(6)72(92-73(69)53-75(87-13)88-14)48-57(4)54-89-81(86)60-31-21-16-22-32-60/h16-40,56-57,59,63-64,69-80H,1,5,41-54H2,2-4,6-14H3/t56-,57-,59+,63?,64+,69?,70-,71-,72+,73-,74+,76-,77-,78-,79+,80-/m0/s1. The number of ether oxygens (including phenoxy) is 8. The Bertz CT molecular complexity index is 3360. The molecule has 2 unspecified atom stereocenters. The Labute approximate surface area is 587 Å². The van der Waals surface area contributed by atoms with E-state index in [0.717, 1.165) is 52.0 Å². The predicted molar refractivity (Wildman–Crippen MR) is 391 cm³/mol. The lowest BCUT2D eigenvalue weighted by Gasteiger charge is -2.53. The third kappa shape index (κ3) is 17.2. The molecule has 0 saturated carbocycles. The van der Waals surface area contributed by atoms with Crippen molar-refractivity contribution < 1.29 is 61.1 Å². The first-order chi connectivity index (χ1) is 47.0. The molecule has 5 heterocycles. The van der Waals surface area contributed by atoms with Gasteiger partial charge < -0.3 is 46.7 Å². The molecule has 0 amide bonds. The zero-order valence-corrected chi connectivity index (χ0v) is 62.4. The molecule has 0 aliphatic carbocycles. The molecule has 5 saturated heterocycles. The first-order valence-corrected chi connectivity index (χ1v) is 40.0. The van der Waals surface area contributed by atoms with Gasteiger partial charge in [-0.05, 0) is 136 Å². The number of hydrogen-bond acceptors (Lipinski definition) is 13. The summed E-state index contributed by atoms with van der Waals surface area (Å²) in [6.45, 7) is 30.8. The summed E-state index contributed by atoms with van der Waals surface area (Å²) >= 11 is 0. The summed E-state index contributed by atoms with van der Waals surface area (Å²) in [5.41, 5.74) is 5.81. The molecule has 0 bridgehead atoms. The van der Waals surface area contributed by atoms with Crippen LogP contribution in [0.15, 0.2) is 182 Å². The number of esters is 1. The first kappa shape index (κ1) is 74.9. The second-order valence-electron chi connectivity index (χ2n) is 30.9. The lowest BCUT2D eigenvalue weighted by atomic mass is 9.80. The van der Waals surface area contributed by atoms with Crippen molar-refractivity contribution in [2.45, 2.75) is 242 Å². The molecule has 5 aliphatic heterocycles. The third-order valence-electron chi connectivity index (χ3n) is 21.7. The van der Waals surface area contributed by atoms with Crippen molar-refractivity contribution in [1.82, 2.24) is 0 Å². The molecule has 0 spiro atoms. The highest BCUT2D eigenvalue weighted by atomic mass is 28.4. The van der Waals surface area contributed by atoms with Crippen LogP contribution in [0.25, 0.3) is 0 Å². The number of Topliss-reactive ketones (excluding diaryl/α,β-unsaturated/α-hetero) is 2. The molecule has 13 nitrogen and oxygen atoms in total. The van der Waals surface area contributed by atoms with Crippen molar-refractivity contribution in [3.63, 3.8) is 0 Å². The number of fused-ring (bicyclic) bond motifs is 2. The fourth-order valence-corrected chi connectivity index (χ4v) is 26.0. The van der Waals surface area contributed by atoms with E-state index < -0.39 is 81.8 Å². The smallest absolute Gasteiger partial charge is 0.338 e. The van der Waals surface area contributed by atoms with Gasteiger partial charge in [0.25, 0.3) is 16.6 Å². The highest BCUT2D eigenvalue weighted by Crippen LogP contribution is 2.49. The number of hydrogen-bond donors (Lipinski definition) is 0. The molecule has 528 valence electrons. The third-order valence-corrected chi connectivity index (χ3v) is 31.8. The fourth-order valence-electron chi connectivity index (χ4n) is 16.6. The van der Waals surface area contributed by atoms with Gasteiger partial charge in [-0.1, -0.05) is 215 Å². The van der Waals surface area contributed by atoms with Gasteiger partial charge in [-0.15, -0.1) is 5.73 Å². The molecule has 0 radical (unpaired) electrons. The SMILES string of the molecule is C=C=C(C)C[C@@H](C)CC[C@@H]1OC(CCC(=O)C[C@H]2O[C@H]3[C@@H](O[Si](c4ccccc4)(c4ccccc4)C(C)(C)C)[C@H]4O[C@@H](CC(=O)CC5[C@H](CC(OC)OC)O[C@H](C[C@H](C)COC(=O)c6ccccc6)[C@@H]5C)CC[C@@H]4O[C@H]3[C@H]2O[Si](c2ccccc2)(c2ccccc2)C(C)(C)C)CC1=C. The van der Waals surface area contributed by atoms with E-state index in [2.05, 4.69) is 209 Å².